The van der Waals surface area contributed by atoms with Gasteiger partial charge in [0.15, 0.2) is 11.5 Å². The maximum Gasteiger partial charge on any atom is 0.161 e. The maximum atomic E-state index is 4.90. The van der Waals surface area contributed by atoms with Crippen molar-refractivity contribution in [2.75, 3.05) is 5.75 Å². The SMILES string of the molecule is CCSc1cccnc1-c1nc2c(C(C)C)c(Br)cnc2n1C. The second-order valence-electron chi connectivity index (χ2n) is 5.62. The molecule has 0 aliphatic heterocycles. The van der Waals surface area contributed by atoms with Gasteiger partial charge in [0.2, 0.25) is 0 Å². The van der Waals surface area contributed by atoms with Gasteiger partial charge in [-0.2, -0.15) is 0 Å². The molecule has 0 atom stereocenters. The molecule has 23 heavy (non-hydrogen) atoms. The van der Waals surface area contributed by atoms with Crippen molar-refractivity contribution in [2.24, 2.45) is 7.05 Å². The summed E-state index contributed by atoms with van der Waals surface area (Å²) in [6.45, 7) is 6.49. The predicted molar refractivity (Wildman–Crippen MR) is 99.9 cm³/mol. The van der Waals surface area contributed by atoms with Crippen LogP contribution in [0.1, 0.15) is 32.3 Å². The largest absolute Gasteiger partial charge is 0.310 e. The van der Waals surface area contributed by atoms with E-state index in [4.69, 9.17) is 4.98 Å². The number of aryl methyl sites for hydroxylation is 1. The van der Waals surface area contributed by atoms with Gasteiger partial charge in [0, 0.05) is 28.8 Å². The number of halogens is 1. The van der Waals surface area contributed by atoms with Crippen molar-refractivity contribution >= 4 is 38.9 Å². The highest BCUT2D eigenvalue weighted by molar-refractivity contribution is 9.10. The number of hydrogen-bond donors (Lipinski definition) is 0. The molecule has 0 spiro atoms. The molecule has 3 heterocycles. The van der Waals surface area contributed by atoms with Crippen LogP contribution in [0.25, 0.3) is 22.7 Å². The molecule has 6 heteroatoms. The van der Waals surface area contributed by atoms with E-state index >= 15 is 0 Å². The first kappa shape index (κ1) is 16.5. The first-order valence-corrected chi connectivity index (χ1v) is 9.41. The summed E-state index contributed by atoms with van der Waals surface area (Å²) >= 11 is 5.40. The standard InChI is InChI=1S/C17H19BrN4S/c1-5-23-12-7-6-8-19-14(12)17-21-15-13(10(2)3)11(18)9-20-16(15)22(17)4/h6-10H,5H2,1-4H3. The molecule has 0 saturated carbocycles. The van der Waals surface area contributed by atoms with Crippen LogP contribution in [-0.2, 0) is 7.05 Å². The zero-order valence-electron chi connectivity index (χ0n) is 13.7. The van der Waals surface area contributed by atoms with Crippen LogP contribution in [0.4, 0.5) is 0 Å². The van der Waals surface area contributed by atoms with Gasteiger partial charge in [0.1, 0.15) is 11.2 Å². The Morgan fingerprint density at radius 1 is 1.30 bits per heavy atom. The molecule has 3 rings (SSSR count). The smallest absolute Gasteiger partial charge is 0.161 e. The number of hydrogen-bond acceptors (Lipinski definition) is 4. The molecule has 120 valence electrons. The lowest BCUT2D eigenvalue weighted by Gasteiger charge is -2.08. The van der Waals surface area contributed by atoms with Crippen molar-refractivity contribution in [3.63, 3.8) is 0 Å². The van der Waals surface area contributed by atoms with E-state index in [1.165, 1.54) is 5.56 Å². The van der Waals surface area contributed by atoms with Crippen LogP contribution in [0, 0.1) is 0 Å². The Balaban J connectivity index is 2.28. The Morgan fingerprint density at radius 3 is 2.78 bits per heavy atom. The normalized spacial score (nSPS) is 11.6. The molecule has 0 fully saturated rings. The van der Waals surface area contributed by atoms with Crippen LogP contribution in [0.15, 0.2) is 33.9 Å². The summed E-state index contributed by atoms with van der Waals surface area (Å²) in [5, 5.41) is 0. The molecule has 0 unspecified atom stereocenters. The number of nitrogens with zero attached hydrogens (tertiary/aromatic N) is 4. The predicted octanol–water partition coefficient (Wildman–Crippen LogP) is 5.03. The molecule has 3 aromatic rings. The third-order valence-corrected chi connectivity index (χ3v) is 5.30. The van der Waals surface area contributed by atoms with E-state index in [9.17, 15) is 0 Å². The van der Waals surface area contributed by atoms with E-state index in [2.05, 4.69) is 52.7 Å². The molecule has 0 bridgehead atoms. The topological polar surface area (TPSA) is 43.6 Å². The molecule has 3 aromatic heterocycles. The first-order chi connectivity index (χ1) is 11.0. The third-order valence-electron chi connectivity index (χ3n) is 3.74. The van der Waals surface area contributed by atoms with Crippen LogP contribution >= 0.6 is 27.7 Å². The zero-order valence-corrected chi connectivity index (χ0v) is 16.1. The first-order valence-electron chi connectivity index (χ1n) is 7.63. The van der Waals surface area contributed by atoms with Crippen molar-refractivity contribution in [1.29, 1.82) is 0 Å². The third kappa shape index (κ3) is 2.90. The van der Waals surface area contributed by atoms with Gasteiger partial charge in [-0.1, -0.05) is 20.8 Å². The molecule has 0 saturated heterocycles. The lowest BCUT2D eigenvalue weighted by Crippen LogP contribution is -1.97. The molecular weight excluding hydrogens is 372 g/mol. The molecule has 0 radical (unpaired) electrons. The summed E-state index contributed by atoms with van der Waals surface area (Å²) < 4.78 is 3.05. The van der Waals surface area contributed by atoms with E-state index in [1.54, 1.807) is 11.8 Å². The minimum absolute atomic E-state index is 0.367. The fourth-order valence-electron chi connectivity index (χ4n) is 2.71. The lowest BCUT2D eigenvalue weighted by atomic mass is 10.0. The van der Waals surface area contributed by atoms with Crippen LogP contribution in [0.5, 0.6) is 0 Å². The van der Waals surface area contributed by atoms with E-state index in [-0.39, 0.29) is 0 Å². The van der Waals surface area contributed by atoms with E-state index in [0.29, 0.717) is 5.92 Å². The second-order valence-corrected chi connectivity index (χ2v) is 7.78. The fraction of sp³-hybridized carbons (Fsp3) is 0.353. The molecule has 0 aliphatic carbocycles. The highest BCUT2D eigenvalue weighted by atomic mass is 79.9. The molecular formula is C17H19BrN4S. The molecule has 0 N–H and O–H groups in total. The van der Waals surface area contributed by atoms with Crippen LogP contribution in [0.3, 0.4) is 0 Å². The average Bonchev–Trinajstić information content (AvgIpc) is 2.84. The number of pyridine rings is 2. The number of thioether (sulfide) groups is 1. The van der Waals surface area contributed by atoms with Crippen molar-refractivity contribution in [3.05, 3.63) is 34.6 Å². The fourth-order valence-corrected chi connectivity index (χ4v) is 4.22. The van der Waals surface area contributed by atoms with Crippen LogP contribution < -0.4 is 0 Å². The van der Waals surface area contributed by atoms with E-state index in [0.717, 1.165) is 37.8 Å². The van der Waals surface area contributed by atoms with E-state index in [1.807, 2.05) is 30.1 Å². The Bertz CT molecular complexity index is 857. The summed E-state index contributed by atoms with van der Waals surface area (Å²) in [5.74, 6) is 2.24. The minimum atomic E-state index is 0.367. The van der Waals surface area contributed by atoms with Gasteiger partial charge >= 0.3 is 0 Å². The number of aromatic nitrogens is 4. The van der Waals surface area contributed by atoms with Crippen LogP contribution in [0.2, 0.25) is 0 Å². The molecule has 0 aromatic carbocycles. The molecule has 4 nitrogen and oxygen atoms in total. The van der Waals surface area contributed by atoms with Gasteiger partial charge in [-0.3, -0.25) is 4.98 Å². The van der Waals surface area contributed by atoms with Crippen molar-refractivity contribution < 1.29 is 0 Å². The monoisotopic (exact) mass is 390 g/mol. The summed E-state index contributed by atoms with van der Waals surface area (Å²) in [4.78, 5) is 15.2. The van der Waals surface area contributed by atoms with Gasteiger partial charge in [-0.05, 0) is 45.3 Å². The quantitative estimate of drug-likeness (QED) is 0.586. The summed E-state index contributed by atoms with van der Waals surface area (Å²) in [6.07, 6.45) is 3.68. The van der Waals surface area contributed by atoms with Crippen molar-refractivity contribution in [1.82, 2.24) is 19.5 Å². The Kier molecular flexibility index (Phi) is 4.73. The Hall–Kier alpha value is -1.40. The number of rotatable bonds is 4. The number of imidazole rings is 1. The van der Waals surface area contributed by atoms with Gasteiger partial charge in [0.05, 0.1) is 0 Å². The van der Waals surface area contributed by atoms with Gasteiger partial charge < -0.3 is 4.57 Å². The van der Waals surface area contributed by atoms with Crippen molar-refractivity contribution in [3.8, 4) is 11.5 Å². The lowest BCUT2D eigenvalue weighted by molar-refractivity contribution is 0.864. The minimum Gasteiger partial charge on any atom is -0.310 e. The van der Waals surface area contributed by atoms with Gasteiger partial charge in [-0.15, -0.1) is 11.8 Å². The highest BCUT2D eigenvalue weighted by Crippen LogP contribution is 2.34. The molecule has 0 aliphatic rings. The average molecular weight is 391 g/mol. The zero-order chi connectivity index (χ0) is 16.6. The van der Waals surface area contributed by atoms with Crippen molar-refractivity contribution in [2.45, 2.75) is 31.6 Å². The Labute approximate surface area is 148 Å². The summed E-state index contributed by atoms with van der Waals surface area (Å²) in [6, 6.07) is 4.07. The highest BCUT2D eigenvalue weighted by Gasteiger charge is 2.20. The van der Waals surface area contributed by atoms with Gasteiger partial charge in [0.25, 0.3) is 0 Å². The summed E-state index contributed by atoms with van der Waals surface area (Å²) in [5.41, 5.74) is 3.96. The molecule has 0 amide bonds. The summed E-state index contributed by atoms with van der Waals surface area (Å²) in [7, 11) is 2.00. The number of fused-ring (bicyclic) bond motifs is 1. The Morgan fingerprint density at radius 2 is 2.09 bits per heavy atom. The van der Waals surface area contributed by atoms with Crippen LogP contribution in [-0.4, -0.2) is 25.3 Å². The van der Waals surface area contributed by atoms with Gasteiger partial charge in [-0.25, -0.2) is 9.97 Å². The second kappa shape index (κ2) is 6.61. The van der Waals surface area contributed by atoms with E-state index < -0.39 is 0 Å². The maximum absolute atomic E-state index is 4.90.